The molecule has 1 aromatic rings. The highest BCUT2D eigenvalue weighted by Gasteiger charge is 2.21. The fraction of sp³-hybridized carbons (Fsp3) is 0.500. The van der Waals surface area contributed by atoms with E-state index in [1.807, 2.05) is 12.1 Å². The molecule has 0 atom stereocenters. The van der Waals surface area contributed by atoms with Crippen molar-refractivity contribution in [3.63, 3.8) is 0 Å². The molecule has 0 saturated carbocycles. The topological polar surface area (TPSA) is 37.4 Å². The van der Waals surface area contributed by atoms with Gasteiger partial charge in [-0.25, -0.2) is 4.98 Å². The zero-order chi connectivity index (χ0) is 9.97. The Kier molecular flexibility index (Phi) is 2.54. The van der Waals surface area contributed by atoms with Gasteiger partial charge >= 0.3 is 0 Å². The van der Waals surface area contributed by atoms with Crippen LogP contribution in [0.4, 0.5) is 5.69 Å². The number of nitrogens with one attached hydrogen (secondary N) is 1. The predicted octanol–water partition coefficient (Wildman–Crippen LogP) is 0.498. The fourth-order valence-corrected chi connectivity index (χ4v) is 1.49. The molecule has 1 aliphatic heterocycles. The van der Waals surface area contributed by atoms with Crippen molar-refractivity contribution < 1.29 is 4.74 Å². The van der Waals surface area contributed by atoms with Crippen molar-refractivity contribution in [2.24, 2.45) is 0 Å². The van der Waals surface area contributed by atoms with Crippen LogP contribution in [0.1, 0.15) is 0 Å². The zero-order valence-electron chi connectivity index (χ0n) is 8.53. The molecule has 0 bridgehead atoms. The van der Waals surface area contributed by atoms with E-state index >= 15 is 0 Å². The molecule has 0 radical (unpaired) electrons. The van der Waals surface area contributed by atoms with Crippen LogP contribution in [0.15, 0.2) is 18.3 Å². The third-order valence-electron chi connectivity index (χ3n) is 2.64. The van der Waals surface area contributed by atoms with Crippen molar-refractivity contribution >= 4 is 5.69 Å². The van der Waals surface area contributed by atoms with Crippen molar-refractivity contribution in [1.82, 2.24) is 10.3 Å². The summed E-state index contributed by atoms with van der Waals surface area (Å²) in [4.78, 5) is 6.33. The Morgan fingerprint density at radius 2 is 2.36 bits per heavy atom. The summed E-state index contributed by atoms with van der Waals surface area (Å²) in [5, 5.41) is 3.25. The zero-order valence-corrected chi connectivity index (χ0v) is 8.53. The summed E-state index contributed by atoms with van der Waals surface area (Å²) in [5.74, 6) is 0.668. The third-order valence-corrected chi connectivity index (χ3v) is 2.64. The second kappa shape index (κ2) is 3.84. The van der Waals surface area contributed by atoms with Crippen LogP contribution in [-0.4, -0.2) is 38.3 Å². The highest BCUT2D eigenvalue weighted by Crippen LogP contribution is 2.20. The minimum Gasteiger partial charge on any atom is -0.481 e. The smallest absolute Gasteiger partial charge is 0.214 e. The molecule has 1 N–H and O–H groups in total. The van der Waals surface area contributed by atoms with E-state index in [4.69, 9.17) is 4.74 Å². The summed E-state index contributed by atoms with van der Waals surface area (Å²) in [5.41, 5.74) is 1.16. The molecule has 1 aromatic heterocycles. The van der Waals surface area contributed by atoms with E-state index in [0.29, 0.717) is 11.9 Å². The molecule has 0 aliphatic carbocycles. The number of hydrogen-bond donors (Lipinski definition) is 1. The number of aromatic nitrogens is 1. The van der Waals surface area contributed by atoms with Gasteiger partial charge < -0.3 is 15.0 Å². The molecule has 1 fully saturated rings. The maximum atomic E-state index is 5.08. The summed E-state index contributed by atoms with van der Waals surface area (Å²) < 4.78 is 5.08. The lowest BCUT2D eigenvalue weighted by Gasteiger charge is -2.37. The monoisotopic (exact) mass is 193 g/mol. The van der Waals surface area contributed by atoms with Gasteiger partial charge in [0, 0.05) is 38.1 Å². The van der Waals surface area contributed by atoms with Gasteiger partial charge in [-0.1, -0.05) is 0 Å². The number of hydrogen-bond acceptors (Lipinski definition) is 4. The molecule has 76 valence electrons. The molecule has 0 unspecified atom stereocenters. The normalized spacial score (nSPS) is 16.1. The molecular formula is C10H15N3O. The Morgan fingerprint density at radius 1 is 1.57 bits per heavy atom. The molecular weight excluding hydrogens is 178 g/mol. The van der Waals surface area contributed by atoms with E-state index in [2.05, 4.69) is 22.2 Å². The average molecular weight is 193 g/mol. The van der Waals surface area contributed by atoms with Crippen LogP contribution in [0.3, 0.4) is 0 Å². The molecule has 2 heterocycles. The molecule has 14 heavy (non-hydrogen) atoms. The lowest BCUT2D eigenvalue weighted by molar-refractivity contribution is 0.396. The molecule has 4 heteroatoms. The van der Waals surface area contributed by atoms with Crippen molar-refractivity contribution in [2.75, 3.05) is 32.1 Å². The molecule has 1 saturated heterocycles. The van der Waals surface area contributed by atoms with Crippen LogP contribution >= 0.6 is 0 Å². The minimum atomic E-state index is 0.599. The SMILES string of the molecule is COc1cc(N(C)C2CNC2)ccn1. The highest BCUT2D eigenvalue weighted by atomic mass is 16.5. The molecule has 0 amide bonds. The Balaban J connectivity index is 2.13. The van der Waals surface area contributed by atoms with Crippen molar-refractivity contribution in [1.29, 1.82) is 0 Å². The summed E-state index contributed by atoms with van der Waals surface area (Å²) >= 11 is 0. The lowest BCUT2D eigenvalue weighted by atomic mass is 10.1. The van der Waals surface area contributed by atoms with Crippen LogP contribution in [0.25, 0.3) is 0 Å². The summed E-state index contributed by atoms with van der Waals surface area (Å²) in [6, 6.07) is 4.56. The summed E-state index contributed by atoms with van der Waals surface area (Å²) in [6.45, 7) is 2.11. The van der Waals surface area contributed by atoms with Gasteiger partial charge in [0.05, 0.1) is 13.2 Å². The average Bonchev–Trinajstić information content (AvgIpc) is 2.15. The largest absolute Gasteiger partial charge is 0.481 e. The predicted molar refractivity (Wildman–Crippen MR) is 55.8 cm³/mol. The molecule has 0 aromatic carbocycles. The van der Waals surface area contributed by atoms with E-state index in [0.717, 1.165) is 18.8 Å². The van der Waals surface area contributed by atoms with Crippen molar-refractivity contribution in [2.45, 2.75) is 6.04 Å². The van der Waals surface area contributed by atoms with Crippen LogP contribution in [0.2, 0.25) is 0 Å². The lowest BCUT2D eigenvalue weighted by Crippen LogP contribution is -2.56. The second-order valence-electron chi connectivity index (χ2n) is 3.48. The van der Waals surface area contributed by atoms with Gasteiger partial charge in [0.15, 0.2) is 0 Å². The van der Waals surface area contributed by atoms with Crippen LogP contribution < -0.4 is 15.0 Å². The van der Waals surface area contributed by atoms with E-state index in [9.17, 15) is 0 Å². The number of anilines is 1. The molecule has 1 aliphatic rings. The second-order valence-corrected chi connectivity index (χ2v) is 3.48. The summed E-state index contributed by atoms with van der Waals surface area (Å²) in [7, 11) is 3.73. The van der Waals surface area contributed by atoms with E-state index in [-0.39, 0.29) is 0 Å². The number of pyridine rings is 1. The Morgan fingerprint density at radius 3 is 2.93 bits per heavy atom. The number of rotatable bonds is 3. The van der Waals surface area contributed by atoms with Gasteiger partial charge in [-0.05, 0) is 6.07 Å². The van der Waals surface area contributed by atoms with Gasteiger partial charge in [0.1, 0.15) is 0 Å². The Hall–Kier alpha value is -1.29. The first-order valence-electron chi connectivity index (χ1n) is 4.75. The van der Waals surface area contributed by atoms with Gasteiger partial charge in [-0.2, -0.15) is 0 Å². The number of likely N-dealkylation sites (N-methyl/N-ethyl adjacent to an activating group) is 1. The highest BCUT2D eigenvalue weighted by molar-refractivity contribution is 5.48. The van der Waals surface area contributed by atoms with Gasteiger partial charge in [0.2, 0.25) is 5.88 Å². The molecule has 0 spiro atoms. The van der Waals surface area contributed by atoms with Crippen molar-refractivity contribution in [3.8, 4) is 5.88 Å². The van der Waals surface area contributed by atoms with Gasteiger partial charge in [0.25, 0.3) is 0 Å². The quantitative estimate of drug-likeness (QED) is 0.758. The summed E-state index contributed by atoms with van der Waals surface area (Å²) in [6.07, 6.45) is 1.77. The number of ether oxygens (including phenoxy) is 1. The van der Waals surface area contributed by atoms with Crippen LogP contribution in [0.5, 0.6) is 5.88 Å². The Labute approximate surface area is 83.9 Å². The molecule has 4 nitrogen and oxygen atoms in total. The van der Waals surface area contributed by atoms with E-state index < -0.39 is 0 Å². The third kappa shape index (κ3) is 1.65. The van der Waals surface area contributed by atoms with Gasteiger partial charge in [-0.15, -0.1) is 0 Å². The Bertz CT molecular complexity index is 312. The van der Waals surface area contributed by atoms with E-state index in [1.54, 1.807) is 13.3 Å². The first-order valence-corrected chi connectivity index (χ1v) is 4.75. The number of nitrogens with zero attached hydrogens (tertiary/aromatic N) is 2. The fourth-order valence-electron chi connectivity index (χ4n) is 1.49. The van der Waals surface area contributed by atoms with Gasteiger partial charge in [-0.3, -0.25) is 0 Å². The first-order chi connectivity index (χ1) is 6.81. The van der Waals surface area contributed by atoms with E-state index in [1.165, 1.54) is 0 Å². The maximum absolute atomic E-state index is 5.08. The standard InChI is InChI=1S/C10H15N3O/c1-13(9-6-11-7-9)8-3-4-12-10(5-8)14-2/h3-5,9,11H,6-7H2,1-2H3. The van der Waals surface area contributed by atoms with Crippen molar-refractivity contribution in [3.05, 3.63) is 18.3 Å². The van der Waals surface area contributed by atoms with Crippen LogP contribution in [-0.2, 0) is 0 Å². The number of methoxy groups -OCH3 is 1. The molecule has 2 rings (SSSR count). The minimum absolute atomic E-state index is 0.599. The van der Waals surface area contributed by atoms with Crippen LogP contribution in [0, 0.1) is 0 Å². The maximum Gasteiger partial charge on any atom is 0.214 e. The first kappa shape index (κ1) is 9.27.